The molecule has 156 valence electrons. The lowest BCUT2D eigenvalue weighted by Crippen LogP contribution is -2.43. The van der Waals surface area contributed by atoms with Crippen LogP contribution >= 0.6 is 11.6 Å². The van der Waals surface area contributed by atoms with Crippen LogP contribution in [0.5, 0.6) is 0 Å². The molecular formula is C21H19ClF2N4O2. The molecular weight excluding hydrogens is 414 g/mol. The zero-order valence-electron chi connectivity index (χ0n) is 15.9. The molecule has 3 heterocycles. The summed E-state index contributed by atoms with van der Waals surface area (Å²) in [6, 6.07) is 6.45. The van der Waals surface area contributed by atoms with Crippen LogP contribution in [0.15, 0.2) is 42.7 Å². The first-order valence-corrected chi connectivity index (χ1v) is 9.93. The Bertz CT molecular complexity index is 1110. The van der Waals surface area contributed by atoms with Crippen LogP contribution in [0.2, 0.25) is 5.02 Å². The summed E-state index contributed by atoms with van der Waals surface area (Å²) < 4.78 is 28.7. The number of carbonyl (C=O) groups is 2. The van der Waals surface area contributed by atoms with Crippen molar-refractivity contribution in [3.8, 4) is 0 Å². The molecule has 3 aromatic rings. The van der Waals surface area contributed by atoms with Gasteiger partial charge >= 0.3 is 0 Å². The van der Waals surface area contributed by atoms with Gasteiger partial charge in [0.25, 0.3) is 5.91 Å². The molecule has 0 bridgehead atoms. The summed E-state index contributed by atoms with van der Waals surface area (Å²) in [5.41, 5.74) is 1.29. The van der Waals surface area contributed by atoms with Gasteiger partial charge in [-0.15, -0.1) is 0 Å². The van der Waals surface area contributed by atoms with E-state index in [9.17, 15) is 18.4 Å². The lowest BCUT2D eigenvalue weighted by atomic mass is 9.95. The van der Waals surface area contributed by atoms with Crippen LogP contribution in [-0.2, 0) is 11.3 Å². The van der Waals surface area contributed by atoms with Gasteiger partial charge in [-0.1, -0.05) is 11.6 Å². The minimum absolute atomic E-state index is 0.106. The van der Waals surface area contributed by atoms with Crippen molar-refractivity contribution >= 4 is 29.1 Å². The van der Waals surface area contributed by atoms with Crippen molar-refractivity contribution in [3.63, 3.8) is 0 Å². The lowest BCUT2D eigenvalue weighted by Gasteiger charge is -2.31. The topological polar surface area (TPSA) is 66.7 Å². The molecule has 1 fully saturated rings. The molecule has 1 aliphatic rings. The van der Waals surface area contributed by atoms with Crippen molar-refractivity contribution in [3.05, 3.63) is 70.6 Å². The number of halogens is 3. The molecule has 2 amide bonds. The van der Waals surface area contributed by atoms with Crippen molar-refractivity contribution in [2.24, 2.45) is 5.92 Å². The maximum Gasteiger partial charge on any atom is 0.256 e. The van der Waals surface area contributed by atoms with E-state index >= 15 is 0 Å². The third-order valence-electron chi connectivity index (χ3n) is 5.22. The predicted octanol–water partition coefficient (Wildman–Crippen LogP) is 3.43. The van der Waals surface area contributed by atoms with Crippen LogP contribution in [0.4, 0.5) is 8.78 Å². The molecule has 1 aromatic carbocycles. The van der Waals surface area contributed by atoms with Crippen LogP contribution in [0.1, 0.15) is 28.9 Å². The fraction of sp³-hybridized carbons (Fsp3) is 0.286. The summed E-state index contributed by atoms with van der Waals surface area (Å²) in [6.45, 7) is 0.958. The Labute approximate surface area is 176 Å². The minimum Gasteiger partial charge on any atom is -0.350 e. The minimum atomic E-state index is -0.881. The monoisotopic (exact) mass is 432 g/mol. The molecule has 0 radical (unpaired) electrons. The smallest absolute Gasteiger partial charge is 0.256 e. The predicted molar refractivity (Wildman–Crippen MR) is 107 cm³/mol. The molecule has 9 heteroatoms. The van der Waals surface area contributed by atoms with Crippen LogP contribution < -0.4 is 5.32 Å². The highest BCUT2D eigenvalue weighted by Crippen LogP contribution is 2.21. The summed E-state index contributed by atoms with van der Waals surface area (Å²) in [4.78, 5) is 30.9. The number of hydrogen-bond donors (Lipinski definition) is 1. The molecule has 0 atom stereocenters. The molecule has 0 spiro atoms. The van der Waals surface area contributed by atoms with E-state index < -0.39 is 17.5 Å². The highest BCUT2D eigenvalue weighted by Gasteiger charge is 2.29. The van der Waals surface area contributed by atoms with E-state index in [1.54, 1.807) is 28.9 Å². The van der Waals surface area contributed by atoms with Gasteiger partial charge in [0.2, 0.25) is 5.91 Å². The van der Waals surface area contributed by atoms with Gasteiger partial charge in [-0.3, -0.25) is 9.59 Å². The average Bonchev–Trinajstić information content (AvgIpc) is 3.13. The summed E-state index contributed by atoms with van der Waals surface area (Å²) in [5, 5.41) is 3.48. The number of rotatable bonds is 4. The zero-order chi connectivity index (χ0) is 21.3. The fourth-order valence-electron chi connectivity index (χ4n) is 3.60. The van der Waals surface area contributed by atoms with Crippen molar-refractivity contribution in [1.82, 2.24) is 19.6 Å². The second-order valence-corrected chi connectivity index (χ2v) is 7.69. The number of hydrogen-bond acceptors (Lipinski definition) is 3. The Morgan fingerprint density at radius 3 is 2.63 bits per heavy atom. The molecule has 0 saturated carbocycles. The lowest BCUT2D eigenvalue weighted by molar-refractivity contribution is -0.126. The average molecular weight is 433 g/mol. The summed E-state index contributed by atoms with van der Waals surface area (Å²) in [6.07, 6.45) is 4.49. The highest BCUT2D eigenvalue weighted by molar-refractivity contribution is 6.30. The Hall–Kier alpha value is -3.00. The number of amides is 2. The van der Waals surface area contributed by atoms with E-state index in [1.165, 1.54) is 4.90 Å². The number of likely N-dealkylation sites (tertiary alicyclic amines) is 1. The summed E-state index contributed by atoms with van der Waals surface area (Å²) >= 11 is 5.96. The van der Waals surface area contributed by atoms with Crippen molar-refractivity contribution in [2.75, 3.05) is 13.1 Å². The molecule has 1 aliphatic heterocycles. The molecule has 6 nitrogen and oxygen atoms in total. The molecule has 1 saturated heterocycles. The van der Waals surface area contributed by atoms with Crippen LogP contribution in [0, 0.1) is 17.6 Å². The number of piperidine rings is 1. The van der Waals surface area contributed by atoms with Gasteiger partial charge in [0, 0.05) is 37.5 Å². The van der Waals surface area contributed by atoms with Gasteiger partial charge in [0.15, 0.2) is 0 Å². The highest BCUT2D eigenvalue weighted by atomic mass is 35.5. The first-order valence-electron chi connectivity index (χ1n) is 9.56. The zero-order valence-corrected chi connectivity index (χ0v) is 16.7. The maximum absolute atomic E-state index is 13.9. The number of nitrogens with zero attached hydrogens (tertiary/aromatic N) is 3. The van der Waals surface area contributed by atoms with Gasteiger partial charge in [-0.25, -0.2) is 13.8 Å². The molecule has 30 heavy (non-hydrogen) atoms. The molecule has 0 aliphatic carbocycles. The number of benzene rings is 1. The van der Waals surface area contributed by atoms with E-state index in [0.717, 1.165) is 17.8 Å². The largest absolute Gasteiger partial charge is 0.350 e. The normalized spacial score (nSPS) is 14.8. The first kappa shape index (κ1) is 20.3. The SMILES string of the molecule is O=C(NCc1cn2cc(Cl)ccc2n1)C1CCN(C(=O)c2ccc(F)cc2F)CC1. The van der Waals surface area contributed by atoms with Crippen LogP contribution in [-0.4, -0.2) is 39.2 Å². The molecule has 2 aromatic heterocycles. The number of aromatic nitrogens is 2. The van der Waals surface area contributed by atoms with Gasteiger partial charge in [-0.05, 0) is 37.1 Å². The van der Waals surface area contributed by atoms with Crippen molar-refractivity contribution < 1.29 is 18.4 Å². The van der Waals surface area contributed by atoms with E-state index in [4.69, 9.17) is 11.6 Å². The van der Waals surface area contributed by atoms with Gasteiger partial charge in [-0.2, -0.15) is 0 Å². The Kier molecular flexibility index (Phi) is 5.67. The Balaban J connectivity index is 1.31. The Morgan fingerprint density at radius 1 is 1.13 bits per heavy atom. The van der Waals surface area contributed by atoms with Gasteiger partial charge in [0.1, 0.15) is 17.3 Å². The second kappa shape index (κ2) is 8.39. The van der Waals surface area contributed by atoms with Crippen LogP contribution in [0.25, 0.3) is 5.65 Å². The van der Waals surface area contributed by atoms with Crippen molar-refractivity contribution in [1.29, 1.82) is 0 Å². The van der Waals surface area contributed by atoms with E-state index in [1.807, 2.05) is 0 Å². The Morgan fingerprint density at radius 2 is 1.90 bits per heavy atom. The third-order valence-corrected chi connectivity index (χ3v) is 5.45. The number of carbonyl (C=O) groups excluding carboxylic acids is 2. The molecule has 0 unspecified atom stereocenters. The number of nitrogens with one attached hydrogen (secondary N) is 1. The second-order valence-electron chi connectivity index (χ2n) is 7.25. The van der Waals surface area contributed by atoms with E-state index in [-0.39, 0.29) is 23.9 Å². The summed E-state index contributed by atoms with van der Waals surface area (Å²) in [5.74, 6) is -2.44. The fourth-order valence-corrected chi connectivity index (χ4v) is 3.77. The number of fused-ring (bicyclic) bond motifs is 1. The standard InChI is InChI=1S/C21H19ClF2N4O2/c22-14-1-4-19-26-16(12-28(19)11-14)10-25-20(29)13-5-7-27(8-6-13)21(30)17-3-2-15(23)9-18(17)24/h1-4,9,11-13H,5-8,10H2,(H,25,29). The molecule has 1 N–H and O–H groups in total. The van der Waals surface area contributed by atoms with Crippen LogP contribution in [0.3, 0.4) is 0 Å². The third kappa shape index (κ3) is 4.28. The number of pyridine rings is 1. The maximum atomic E-state index is 13.9. The van der Waals surface area contributed by atoms with E-state index in [2.05, 4.69) is 10.3 Å². The quantitative estimate of drug-likeness (QED) is 0.686. The molecule has 4 rings (SSSR count). The van der Waals surface area contributed by atoms with Gasteiger partial charge < -0.3 is 14.6 Å². The van der Waals surface area contributed by atoms with E-state index in [0.29, 0.717) is 42.7 Å². The summed E-state index contributed by atoms with van der Waals surface area (Å²) in [7, 11) is 0. The first-order chi connectivity index (χ1) is 14.4. The number of imidazole rings is 1. The van der Waals surface area contributed by atoms with Gasteiger partial charge in [0.05, 0.1) is 22.8 Å². The van der Waals surface area contributed by atoms with Crippen molar-refractivity contribution in [2.45, 2.75) is 19.4 Å².